The average molecular weight is 332 g/mol. The predicted molar refractivity (Wildman–Crippen MR) is 102 cm³/mol. The van der Waals surface area contributed by atoms with Crippen LogP contribution in [0.25, 0.3) is 0 Å². The van der Waals surface area contributed by atoms with E-state index in [1.807, 2.05) is 55.5 Å². The minimum Gasteiger partial charge on any atom is -0.497 e. The van der Waals surface area contributed by atoms with Gasteiger partial charge in [-0.15, -0.1) is 0 Å². The van der Waals surface area contributed by atoms with Gasteiger partial charge < -0.3 is 15.4 Å². The maximum absolute atomic E-state index is 12.5. The summed E-state index contributed by atoms with van der Waals surface area (Å²) in [5.74, 6) is 0.554. The molecule has 4 heteroatoms. The third kappa shape index (κ3) is 4.18. The van der Waals surface area contributed by atoms with Crippen LogP contribution in [-0.4, -0.2) is 13.0 Å². The van der Waals surface area contributed by atoms with Crippen molar-refractivity contribution in [1.82, 2.24) is 0 Å². The maximum Gasteiger partial charge on any atom is 0.255 e. The number of anilines is 3. The molecule has 0 aliphatic rings. The number of methoxy groups -OCH3 is 1. The van der Waals surface area contributed by atoms with Crippen molar-refractivity contribution in [1.29, 1.82) is 0 Å². The molecule has 0 radical (unpaired) electrons. The summed E-state index contributed by atoms with van der Waals surface area (Å²) in [6.07, 6.45) is 0. The van der Waals surface area contributed by atoms with Crippen LogP contribution in [0, 0.1) is 6.92 Å². The molecule has 0 saturated heterocycles. The number of hydrogen-bond acceptors (Lipinski definition) is 3. The van der Waals surface area contributed by atoms with Crippen LogP contribution in [0.2, 0.25) is 0 Å². The molecule has 0 saturated carbocycles. The predicted octanol–water partition coefficient (Wildman–Crippen LogP) is 5.00. The minimum absolute atomic E-state index is 0.166. The molecule has 2 N–H and O–H groups in total. The number of para-hydroxylation sites is 2. The van der Waals surface area contributed by atoms with Crippen LogP contribution in [0.15, 0.2) is 72.8 Å². The van der Waals surface area contributed by atoms with Crippen LogP contribution < -0.4 is 15.4 Å². The molecule has 0 aliphatic heterocycles. The topological polar surface area (TPSA) is 50.4 Å². The van der Waals surface area contributed by atoms with Gasteiger partial charge in [-0.3, -0.25) is 4.79 Å². The number of rotatable bonds is 5. The summed E-state index contributed by atoms with van der Waals surface area (Å²) in [7, 11) is 1.60. The largest absolute Gasteiger partial charge is 0.497 e. The molecule has 0 unspecified atom stereocenters. The number of hydrogen-bond donors (Lipinski definition) is 2. The van der Waals surface area contributed by atoms with E-state index < -0.39 is 0 Å². The Balaban J connectivity index is 1.77. The van der Waals surface area contributed by atoms with E-state index in [0.717, 1.165) is 22.8 Å². The van der Waals surface area contributed by atoms with E-state index in [0.29, 0.717) is 5.56 Å². The molecule has 126 valence electrons. The Morgan fingerprint density at radius 2 is 1.48 bits per heavy atom. The monoisotopic (exact) mass is 332 g/mol. The second kappa shape index (κ2) is 7.53. The van der Waals surface area contributed by atoms with Crippen molar-refractivity contribution in [3.05, 3.63) is 83.9 Å². The van der Waals surface area contributed by atoms with Gasteiger partial charge in [-0.25, -0.2) is 0 Å². The van der Waals surface area contributed by atoms with Crippen LogP contribution >= 0.6 is 0 Å². The second-order valence-corrected chi connectivity index (χ2v) is 5.72. The number of nitrogens with one attached hydrogen (secondary N) is 2. The third-order valence-electron chi connectivity index (χ3n) is 3.86. The lowest BCUT2D eigenvalue weighted by atomic mass is 10.2. The van der Waals surface area contributed by atoms with E-state index in [4.69, 9.17) is 4.74 Å². The molecule has 3 aromatic rings. The number of carbonyl (C=O) groups excluding carboxylic acids is 1. The highest BCUT2D eigenvalue weighted by molar-refractivity contribution is 6.06. The van der Waals surface area contributed by atoms with Crippen LogP contribution in [0.5, 0.6) is 5.75 Å². The summed E-state index contributed by atoms with van der Waals surface area (Å²) in [6.45, 7) is 2.05. The summed E-state index contributed by atoms with van der Waals surface area (Å²) in [5, 5.41) is 6.29. The molecule has 0 heterocycles. The highest BCUT2D eigenvalue weighted by Gasteiger charge is 2.09. The van der Waals surface area contributed by atoms with Crippen LogP contribution in [0.1, 0.15) is 15.9 Å². The Hall–Kier alpha value is -3.27. The van der Waals surface area contributed by atoms with Gasteiger partial charge >= 0.3 is 0 Å². The first-order valence-electron chi connectivity index (χ1n) is 8.04. The first-order valence-corrected chi connectivity index (χ1v) is 8.04. The average Bonchev–Trinajstić information content (AvgIpc) is 2.65. The zero-order chi connectivity index (χ0) is 17.6. The zero-order valence-corrected chi connectivity index (χ0v) is 14.2. The molecule has 4 nitrogen and oxygen atoms in total. The number of aryl methyl sites for hydroxylation is 1. The van der Waals surface area contributed by atoms with Gasteiger partial charge in [0.05, 0.1) is 18.5 Å². The first kappa shape index (κ1) is 16.6. The zero-order valence-electron chi connectivity index (χ0n) is 14.2. The summed E-state index contributed by atoms with van der Waals surface area (Å²) in [6, 6.07) is 22.8. The Morgan fingerprint density at radius 3 is 2.12 bits per heavy atom. The highest BCUT2D eigenvalue weighted by atomic mass is 16.5. The van der Waals surface area contributed by atoms with Gasteiger partial charge in [-0.2, -0.15) is 0 Å². The van der Waals surface area contributed by atoms with E-state index in [-0.39, 0.29) is 5.91 Å². The van der Waals surface area contributed by atoms with E-state index in [1.165, 1.54) is 5.56 Å². The molecule has 0 spiro atoms. The highest BCUT2D eigenvalue weighted by Crippen LogP contribution is 2.26. The van der Waals surface area contributed by atoms with Crippen molar-refractivity contribution in [3.63, 3.8) is 0 Å². The number of benzene rings is 3. The smallest absolute Gasteiger partial charge is 0.255 e. The van der Waals surface area contributed by atoms with Gasteiger partial charge in [0, 0.05) is 11.3 Å². The van der Waals surface area contributed by atoms with Gasteiger partial charge in [0.25, 0.3) is 5.91 Å². The molecule has 25 heavy (non-hydrogen) atoms. The SMILES string of the molecule is COc1ccc(C(=O)Nc2ccccc2Nc2ccc(C)cc2)cc1. The lowest BCUT2D eigenvalue weighted by Gasteiger charge is -2.13. The standard InChI is InChI=1S/C21H20N2O2/c1-15-7-11-17(12-8-15)22-19-5-3-4-6-20(19)23-21(24)16-9-13-18(25-2)14-10-16/h3-14,22H,1-2H3,(H,23,24). The molecular weight excluding hydrogens is 312 g/mol. The second-order valence-electron chi connectivity index (χ2n) is 5.72. The molecule has 3 aromatic carbocycles. The summed E-state index contributed by atoms with van der Waals surface area (Å²) < 4.78 is 5.12. The molecule has 0 atom stereocenters. The quantitative estimate of drug-likeness (QED) is 0.691. The van der Waals surface area contributed by atoms with Crippen molar-refractivity contribution in [3.8, 4) is 5.75 Å². The van der Waals surface area contributed by atoms with E-state index in [9.17, 15) is 4.79 Å². The van der Waals surface area contributed by atoms with Crippen molar-refractivity contribution < 1.29 is 9.53 Å². The van der Waals surface area contributed by atoms with E-state index in [2.05, 4.69) is 10.6 Å². The normalized spacial score (nSPS) is 10.2. The molecule has 0 bridgehead atoms. The van der Waals surface area contributed by atoms with Crippen molar-refractivity contribution in [2.75, 3.05) is 17.7 Å². The summed E-state index contributed by atoms with van der Waals surface area (Å²) >= 11 is 0. The van der Waals surface area contributed by atoms with Crippen molar-refractivity contribution in [2.45, 2.75) is 6.92 Å². The van der Waals surface area contributed by atoms with Crippen LogP contribution in [0.4, 0.5) is 17.1 Å². The van der Waals surface area contributed by atoms with Gasteiger partial charge in [0.15, 0.2) is 0 Å². The number of ether oxygens (including phenoxy) is 1. The van der Waals surface area contributed by atoms with Crippen molar-refractivity contribution >= 4 is 23.0 Å². The summed E-state index contributed by atoms with van der Waals surface area (Å²) in [4.78, 5) is 12.5. The molecule has 1 amide bonds. The molecule has 0 aliphatic carbocycles. The number of carbonyl (C=O) groups is 1. The minimum atomic E-state index is -0.166. The van der Waals surface area contributed by atoms with Crippen LogP contribution in [-0.2, 0) is 0 Å². The number of amides is 1. The molecule has 0 fully saturated rings. The van der Waals surface area contributed by atoms with Gasteiger partial charge in [-0.05, 0) is 55.5 Å². The lowest BCUT2D eigenvalue weighted by molar-refractivity contribution is 0.102. The van der Waals surface area contributed by atoms with E-state index >= 15 is 0 Å². The lowest BCUT2D eigenvalue weighted by Crippen LogP contribution is -2.13. The molecule has 3 rings (SSSR count). The third-order valence-corrected chi connectivity index (χ3v) is 3.86. The van der Waals surface area contributed by atoms with Gasteiger partial charge in [-0.1, -0.05) is 29.8 Å². The molecular formula is C21H20N2O2. The summed E-state index contributed by atoms with van der Waals surface area (Å²) in [5.41, 5.74) is 4.31. The van der Waals surface area contributed by atoms with Gasteiger partial charge in [0.1, 0.15) is 5.75 Å². The van der Waals surface area contributed by atoms with Crippen molar-refractivity contribution in [2.24, 2.45) is 0 Å². The Labute approximate surface area is 147 Å². The van der Waals surface area contributed by atoms with Gasteiger partial charge in [0.2, 0.25) is 0 Å². The molecule has 0 aromatic heterocycles. The van der Waals surface area contributed by atoms with Crippen LogP contribution in [0.3, 0.4) is 0 Å². The Kier molecular flexibility index (Phi) is 5.00. The first-order chi connectivity index (χ1) is 12.2. The fraction of sp³-hybridized carbons (Fsp3) is 0.0952. The fourth-order valence-electron chi connectivity index (χ4n) is 2.43. The fourth-order valence-corrected chi connectivity index (χ4v) is 2.43. The maximum atomic E-state index is 12.5. The van der Waals surface area contributed by atoms with E-state index in [1.54, 1.807) is 31.4 Å². The Morgan fingerprint density at radius 1 is 0.840 bits per heavy atom. The Bertz CT molecular complexity index is 856.